The lowest BCUT2D eigenvalue weighted by Gasteiger charge is -2.08. The van der Waals surface area contributed by atoms with Gasteiger partial charge >= 0.3 is 0 Å². The predicted molar refractivity (Wildman–Crippen MR) is 51.6 cm³/mol. The molecule has 13 heavy (non-hydrogen) atoms. The molecule has 0 amide bonds. The summed E-state index contributed by atoms with van der Waals surface area (Å²) >= 11 is 0. The zero-order valence-corrected chi connectivity index (χ0v) is 8.63. The zero-order chi connectivity index (χ0) is 10.0. The first-order chi connectivity index (χ1) is 6.00. The van der Waals surface area contributed by atoms with Crippen LogP contribution in [0.1, 0.15) is 29.7 Å². The SMILES string of the molecule is Cc1nc(C)c(CC(C)O)nc1C. The van der Waals surface area contributed by atoms with Gasteiger partial charge in [-0.15, -0.1) is 0 Å². The van der Waals surface area contributed by atoms with Crippen molar-refractivity contribution >= 4 is 0 Å². The molecule has 1 aromatic heterocycles. The van der Waals surface area contributed by atoms with Crippen molar-refractivity contribution in [3.8, 4) is 0 Å². The van der Waals surface area contributed by atoms with Crippen molar-refractivity contribution in [1.29, 1.82) is 0 Å². The molecule has 1 aromatic rings. The summed E-state index contributed by atoms with van der Waals surface area (Å²) in [7, 11) is 0. The maximum atomic E-state index is 9.22. The first-order valence-electron chi connectivity index (χ1n) is 4.49. The van der Waals surface area contributed by atoms with Crippen molar-refractivity contribution in [3.63, 3.8) is 0 Å². The van der Waals surface area contributed by atoms with Gasteiger partial charge < -0.3 is 5.11 Å². The zero-order valence-electron chi connectivity index (χ0n) is 8.63. The van der Waals surface area contributed by atoms with Crippen molar-refractivity contribution in [2.24, 2.45) is 0 Å². The van der Waals surface area contributed by atoms with E-state index in [1.54, 1.807) is 6.92 Å². The fourth-order valence-corrected chi connectivity index (χ4v) is 1.23. The standard InChI is InChI=1S/C10H16N2O/c1-6(13)5-10-9(4)11-7(2)8(3)12-10/h6,13H,5H2,1-4H3. The van der Waals surface area contributed by atoms with Crippen LogP contribution < -0.4 is 0 Å². The number of aryl methyl sites for hydroxylation is 3. The molecule has 1 N–H and O–H groups in total. The van der Waals surface area contributed by atoms with Gasteiger partial charge in [-0.1, -0.05) is 0 Å². The van der Waals surface area contributed by atoms with E-state index in [1.807, 2.05) is 20.8 Å². The number of rotatable bonds is 2. The lowest BCUT2D eigenvalue weighted by atomic mass is 10.1. The summed E-state index contributed by atoms with van der Waals surface area (Å²) in [5, 5.41) is 9.22. The highest BCUT2D eigenvalue weighted by Gasteiger charge is 2.07. The number of nitrogens with zero attached hydrogens (tertiary/aromatic N) is 2. The van der Waals surface area contributed by atoms with Crippen LogP contribution in [0.3, 0.4) is 0 Å². The second-order valence-electron chi connectivity index (χ2n) is 3.48. The van der Waals surface area contributed by atoms with Crippen molar-refractivity contribution in [1.82, 2.24) is 9.97 Å². The molecular formula is C10H16N2O. The van der Waals surface area contributed by atoms with Crippen LogP contribution in [0.5, 0.6) is 0 Å². The second-order valence-corrected chi connectivity index (χ2v) is 3.48. The van der Waals surface area contributed by atoms with Gasteiger partial charge in [0, 0.05) is 6.42 Å². The number of aliphatic hydroxyl groups excluding tert-OH is 1. The first-order valence-corrected chi connectivity index (χ1v) is 4.49. The Hall–Kier alpha value is -0.960. The maximum Gasteiger partial charge on any atom is 0.0644 e. The van der Waals surface area contributed by atoms with E-state index < -0.39 is 0 Å². The Bertz CT molecular complexity index is 308. The average Bonchev–Trinajstić information content (AvgIpc) is 1.99. The third-order valence-electron chi connectivity index (χ3n) is 2.07. The van der Waals surface area contributed by atoms with E-state index in [0.29, 0.717) is 6.42 Å². The normalized spacial score (nSPS) is 13.0. The summed E-state index contributed by atoms with van der Waals surface area (Å²) < 4.78 is 0. The van der Waals surface area contributed by atoms with Gasteiger partial charge in [-0.2, -0.15) is 0 Å². The fraction of sp³-hybridized carbons (Fsp3) is 0.600. The molecule has 3 nitrogen and oxygen atoms in total. The molecule has 0 spiro atoms. The van der Waals surface area contributed by atoms with Crippen LogP contribution in [-0.4, -0.2) is 21.2 Å². The first kappa shape index (κ1) is 10.1. The van der Waals surface area contributed by atoms with Crippen molar-refractivity contribution in [2.45, 2.75) is 40.2 Å². The highest BCUT2D eigenvalue weighted by Crippen LogP contribution is 2.08. The predicted octanol–water partition coefficient (Wildman–Crippen LogP) is 1.33. The van der Waals surface area contributed by atoms with Crippen LogP contribution >= 0.6 is 0 Å². The molecule has 0 radical (unpaired) electrons. The summed E-state index contributed by atoms with van der Waals surface area (Å²) in [6, 6.07) is 0. The van der Waals surface area contributed by atoms with E-state index in [9.17, 15) is 5.11 Å². The lowest BCUT2D eigenvalue weighted by molar-refractivity contribution is 0.194. The minimum Gasteiger partial charge on any atom is -0.393 e. The Morgan fingerprint density at radius 1 is 1.08 bits per heavy atom. The Balaban J connectivity index is 3.01. The third kappa shape index (κ3) is 2.49. The highest BCUT2D eigenvalue weighted by atomic mass is 16.3. The Kier molecular flexibility index (Phi) is 2.98. The van der Waals surface area contributed by atoms with Gasteiger partial charge in [0.15, 0.2) is 0 Å². The number of hydrogen-bond donors (Lipinski definition) is 1. The van der Waals surface area contributed by atoms with E-state index >= 15 is 0 Å². The monoisotopic (exact) mass is 180 g/mol. The molecule has 0 aliphatic rings. The van der Waals surface area contributed by atoms with Gasteiger partial charge in [0.05, 0.1) is 28.9 Å². The molecule has 0 bridgehead atoms. The summed E-state index contributed by atoms with van der Waals surface area (Å²) in [5.41, 5.74) is 3.73. The topological polar surface area (TPSA) is 46.0 Å². The summed E-state index contributed by atoms with van der Waals surface area (Å²) in [6.45, 7) is 7.57. The number of aromatic nitrogens is 2. The summed E-state index contributed by atoms with van der Waals surface area (Å²) in [4.78, 5) is 8.74. The second kappa shape index (κ2) is 3.83. The molecule has 1 heterocycles. The molecule has 1 atom stereocenters. The Labute approximate surface area is 78.9 Å². The molecule has 0 saturated heterocycles. The van der Waals surface area contributed by atoms with E-state index in [4.69, 9.17) is 0 Å². The van der Waals surface area contributed by atoms with Crippen LogP contribution in [0.4, 0.5) is 0 Å². The van der Waals surface area contributed by atoms with Crippen LogP contribution in [0, 0.1) is 20.8 Å². The quantitative estimate of drug-likeness (QED) is 0.746. The van der Waals surface area contributed by atoms with Crippen LogP contribution in [0.2, 0.25) is 0 Å². The largest absolute Gasteiger partial charge is 0.393 e. The minimum absolute atomic E-state index is 0.352. The van der Waals surface area contributed by atoms with Crippen molar-refractivity contribution in [2.75, 3.05) is 0 Å². The lowest BCUT2D eigenvalue weighted by Crippen LogP contribution is -2.10. The van der Waals surface area contributed by atoms with Gasteiger partial charge in [-0.25, -0.2) is 0 Å². The molecule has 1 unspecified atom stereocenters. The number of hydrogen-bond acceptors (Lipinski definition) is 3. The van der Waals surface area contributed by atoms with Gasteiger partial charge in [-0.3, -0.25) is 9.97 Å². The van der Waals surface area contributed by atoms with Gasteiger partial charge in [0.1, 0.15) is 0 Å². The Morgan fingerprint density at radius 3 is 2.15 bits per heavy atom. The molecule has 3 heteroatoms. The van der Waals surface area contributed by atoms with Crippen LogP contribution in [0.25, 0.3) is 0 Å². The fourth-order valence-electron chi connectivity index (χ4n) is 1.23. The van der Waals surface area contributed by atoms with E-state index in [2.05, 4.69) is 9.97 Å². The molecule has 0 aromatic carbocycles. The molecule has 0 aliphatic carbocycles. The van der Waals surface area contributed by atoms with Crippen molar-refractivity contribution in [3.05, 3.63) is 22.8 Å². The number of aliphatic hydroxyl groups is 1. The van der Waals surface area contributed by atoms with Crippen LogP contribution in [-0.2, 0) is 6.42 Å². The summed E-state index contributed by atoms with van der Waals surface area (Å²) in [5.74, 6) is 0. The average molecular weight is 180 g/mol. The van der Waals surface area contributed by atoms with E-state index in [1.165, 1.54) is 0 Å². The molecular weight excluding hydrogens is 164 g/mol. The highest BCUT2D eigenvalue weighted by molar-refractivity contribution is 5.18. The van der Waals surface area contributed by atoms with Crippen LogP contribution in [0.15, 0.2) is 0 Å². The molecule has 0 aliphatic heterocycles. The van der Waals surface area contributed by atoms with Gasteiger partial charge in [0.2, 0.25) is 0 Å². The maximum absolute atomic E-state index is 9.22. The molecule has 1 rings (SSSR count). The van der Waals surface area contributed by atoms with Crippen molar-refractivity contribution < 1.29 is 5.11 Å². The minimum atomic E-state index is -0.352. The molecule has 0 saturated carbocycles. The summed E-state index contributed by atoms with van der Waals surface area (Å²) in [6.07, 6.45) is 0.232. The molecule has 0 fully saturated rings. The Morgan fingerprint density at radius 2 is 1.62 bits per heavy atom. The smallest absolute Gasteiger partial charge is 0.0644 e. The van der Waals surface area contributed by atoms with Gasteiger partial charge in [-0.05, 0) is 27.7 Å². The van der Waals surface area contributed by atoms with E-state index in [-0.39, 0.29) is 6.10 Å². The molecule has 72 valence electrons. The van der Waals surface area contributed by atoms with E-state index in [0.717, 1.165) is 22.8 Å². The van der Waals surface area contributed by atoms with Gasteiger partial charge in [0.25, 0.3) is 0 Å². The third-order valence-corrected chi connectivity index (χ3v) is 2.07.